The summed E-state index contributed by atoms with van der Waals surface area (Å²) >= 11 is 4.26. The molecule has 6 heteroatoms. The van der Waals surface area contributed by atoms with Crippen LogP contribution in [0, 0.1) is 10.1 Å². The third-order valence-corrected chi connectivity index (χ3v) is 3.19. The monoisotopic (exact) mass is 289 g/mol. The van der Waals surface area contributed by atoms with Gasteiger partial charge in [-0.2, -0.15) is 0 Å². The molecule has 0 aliphatic heterocycles. The van der Waals surface area contributed by atoms with Crippen LogP contribution >= 0.6 is 12.6 Å². The second-order valence-corrected chi connectivity index (χ2v) is 4.48. The summed E-state index contributed by atoms with van der Waals surface area (Å²) in [6.45, 7) is 0. The molecule has 0 heterocycles. The molecule has 0 aliphatic rings. The highest BCUT2D eigenvalue weighted by Gasteiger charge is 2.17. The Labute approximate surface area is 120 Å². The lowest BCUT2D eigenvalue weighted by Crippen LogP contribution is -2.05. The first kappa shape index (κ1) is 14.1. The highest BCUT2D eigenvalue weighted by Crippen LogP contribution is 2.30. The number of hydrogen-bond donors (Lipinski definition) is 1. The molecular weight excluding hydrogens is 278 g/mol. The number of carbonyl (C=O) groups excluding carboxylic acids is 1. The molecule has 0 amide bonds. The Morgan fingerprint density at radius 1 is 1.20 bits per heavy atom. The minimum Gasteiger partial charge on any atom is -0.465 e. The van der Waals surface area contributed by atoms with Crippen LogP contribution in [-0.4, -0.2) is 18.0 Å². The lowest BCUT2D eigenvalue weighted by molar-refractivity contribution is -0.384. The van der Waals surface area contributed by atoms with Crippen LogP contribution in [0.4, 0.5) is 5.69 Å². The second-order valence-electron chi connectivity index (χ2n) is 4.00. The Balaban J connectivity index is 2.55. The highest BCUT2D eigenvalue weighted by molar-refractivity contribution is 7.80. The van der Waals surface area contributed by atoms with Crippen molar-refractivity contribution in [3.63, 3.8) is 0 Å². The number of nitro groups is 1. The summed E-state index contributed by atoms with van der Waals surface area (Å²) in [6.07, 6.45) is 0. The molecule has 0 bridgehead atoms. The van der Waals surface area contributed by atoms with Gasteiger partial charge in [-0.3, -0.25) is 10.1 Å². The van der Waals surface area contributed by atoms with E-state index >= 15 is 0 Å². The summed E-state index contributed by atoms with van der Waals surface area (Å²) in [6, 6.07) is 11.1. The van der Waals surface area contributed by atoms with Crippen molar-refractivity contribution in [3.05, 3.63) is 58.1 Å². The van der Waals surface area contributed by atoms with Gasteiger partial charge in [0.2, 0.25) is 0 Å². The number of methoxy groups -OCH3 is 1. The van der Waals surface area contributed by atoms with Gasteiger partial charge in [-0.25, -0.2) is 4.79 Å². The van der Waals surface area contributed by atoms with Gasteiger partial charge >= 0.3 is 5.97 Å². The van der Waals surface area contributed by atoms with E-state index in [9.17, 15) is 14.9 Å². The number of hydrogen-bond acceptors (Lipinski definition) is 5. The molecule has 0 aliphatic carbocycles. The van der Waals surface area contributed by atoms with Crippen molar-refractivity contribution in [2.24, 2.45) is 0 Å². The molecule has 0 saturated carbocycles. The summed E-state index contributed by atoms with van der Waals surface area (Å²) < 4.78 is 4.75. The number of non-ortho nitro benzene ring substituents is 1. The molecule has 5 nitrogen and oxygen atoms in total. The van der Waals surface area contributed by atoms with E-state index < -0.39 is 10.9 Å². The Bertz CT molecular complexity index is 667. The van der Waals surface area contributed by atoms with Crippen LogP contribution in [0.15, 0.2) is 47.4 Å². The van der Waals surface area contributed by atoms with E-state index in [-0.39, 0.29) is 5.69 Å². The third-order valence-electron chi connectivity index (χ3n) is 2.82. The molecular formula is C14H11NO4S. The average Bonchev–Trinajstić information content (AvgIpc) is 2.46. The first-order valence-corrected chi connectivity index (χ1v) is 6.14. The van der Waals surface area contributed by atoms with E-state index in [0.29, 0.717) is 21.6 Å². The van der Waals surface area contributed by atoms with E-state index in [1.165, 1.54) is 19.2 Å². The van der Waals surface area contributed by atoms with Crippen LogP contribution in [0.25, 0.3) is 11.1 Å². The van der Waals surface area contributed by atoms with E-state index in [1.54, 1.807) is 30.3 Å². The number of nitro benzene ring substituents is 1. The Hall–Kier alpha value is -2.34. The SMILES string of the molecule is COC(=O)c1c(S)cccc1-c1ccc([N+](=O)[O-])cc1. The van der Waals surface area contributed by atoms with Crippen molar-refractivity contribution in [1.29, 1.82) is 0 Å². The maximum atomic E-state index is 11.8. The Kier molecular flexibility index (Phi) is 4.05. The largest absolute Gasteiger partial charge is 0.465 e. The molecule has 2 aromatic rings. The molecule has 20 heavy (non-hydrogen) atoms. The molecule has 0 atom stereocenters. The number of esters is 1. The van der Waals surface area contributed by atoms with E-state index in [4.69, 9.17) is 4.74 Å². The van der Waals surface area contributed by atoms with Gasteiger partial charge < -0.3 is 4.74 Å². The summed E-state index contributed by atoms with van der Waals surface area (Å²) in [5.74, 6) is -0.496. The zero-order valence-corrected chi connectivity index (χ0v) is 11.5. The molecule has 0 N–H and O–H groups in total. The predicted octanol–water partition coefficient (Wildman–Crippen LogP) is 3.34. The van der Waals surface area contributed by atoms with Gasteiger partial charge in [0.15, 0.2) is 0 Å². The summed E-state index contributed by atoms with van der Waals surface area (Å²) in [5, 5.41) is 10.6. The van der Waals surface area contributed by atoms with Crippen molar-refractivity contribution in [1.82, 2.24) is 0 Å². The quantitative estimate of drug-likeness (QED) is 0.407. The Morgan fingerprint density at radius 3 is 2.40 bits per heavy atom. The van der Waals surface area contributed by atoms with Crippen LogP contribution in [-0.2, 0) is 4.74 Å². The van der Waals surface area contributed by atoms with E-state index in [2.05, 4.69) is 12.6 Å². The van der Waals surface area contributed by atoms with Crippen LogP contribution in [0.1, 0.15) is 10.4 Å². The number of nitrogens with zero attached hydrogens (tertiary/aromatic N) is 1. The van der Waals surface area contributed by atoms with Crippen LogP contribution in [0.3, 0.4) is 0 Å². The smallest absolute Gasteiger partial charge is 0.339 e. The van der Waals surface area contributed by atoms with Crippen LogP contribution < -0.4 is 0 Å². The third kappa shape index (κ3) is 2.65. The first-order chi connectivity index (χ1) is 9.54. The van der Waals surface area contributed by atoms with Gasteiger partial charge in [-0.05, 0) is 29.3 Å². The van der Waals surface area contributed by atoms with Crippen molar-refractivity contribution in [3.8, 4) is 11.1 Å². The minimum atomic E-state index is -0.496. The fourth-order valence-electron chi connectivity index (χ4n) is 1.86. The van der Waals surface area contributed by atoms with Gasteiger partial charge in [-0.1, -0.05) is 12.1 Å². The minimum absolute atomic E-state index is 0.00426. The average molecular weight is 289 g/mol. The molecule has 2 aromatic carbocycles. The molecule has 0 radical (unpaired) electrons. The predicted molar refractivity (Wildman–Crippen MR) is 77.1 cm³/mol. The van der Waals surface area contributed by atoms with Crippen molar-refractivity contribution in [2.45, 2.75) is 4.90 Å². The maximum Gasteiger partial charge on any atom is 0.339 e. The fraction of sp³-hybridized carbons (Fsp3) is 0.0714. The van der Waals surface area contributed by atoms with Crippen LogP contribution in [0.2, 0.25) is 0 Å². The standard InChI is InChI=1S/C14H11NO4S/c1-19-14(16)13-11(3-2-4-12(13)20)9-5-7-10(8-6-9)15(17)18/h2-8,20H,1H3. The van der Waals surface area contributed by atoms with Gasteiger partial charge in [0.1, 0.15) is 0 Å². The maximum absolute atomic E-state index is 11.8. The summed E-state index contributed by atoms with van der Waals surface area (Å²) in [5.41, 5.74) is 1.65. The molecule has 0 spiro atoms. The summed E-state index contributed by atoms with van der Waals surface area (Å²) in [7, 11) is 1.29. The first-order valence-electron chi connectivity index (χ1n) is 5.69. The lowest BCUT2D eigenvalue weighted by atomic mass is 9.99. The molecule has 2 rings (SSSR count). The Morgan fingerprint density at radius 2 is 1.85 bits per heavy atom. The lowest BCUT2D eigenvalue weighted by Gasteiger charge is -2.10. The zero-order chi connectivity index (χ0) is 14.7. The molecule has 102 valence electrons. The second kappa shape index (κ2) is 5.75. The van der Waals surface area contributed by atoms with E-state index in [0.717, 1.165) is 0 Å². The van der Waals surface area contributed by atoms with Gasteiger partial charge in [0, 0.05) is 17.0 Å². The number of thiol groups is 1. The highest BCUT2D eigenvalue weighted by atomic mass is 32.1. The molecule has 0 unspecified atom stereocenters. The van der Waals surface area contributed by atoms with Crippen molar-refractivity contribution >= 4 is 24.3 Å². The van der Waals surface area contributed by atoms with Gasteiger partial charge in [0.05, 0.1) is 17.6 Å². The zero-order valence-electron chi connectivity index (χ0n) is 10.6. The van der Waals surface area contributed by atoms with Crippen molar-refractivity contribution < 1.29 is 14.5 Å². The number of ether oxygens (including phenoxy) is 1. The van der Waals surface area contributed by atoms with Gasteiger partial charge in [0.25, 0.3) is 5.69 Å². The molecule has 0 fully saturated rings. The number of rotatable bonds is 3. The van der Waals surface area contributed by atoms with Crippen molar-refractivity contribution in [2.75, 3.05) is 7.11 Å². The number of benzene rings is 2. The normalized spacial score (nSPS) is 10.1. The number of carbonyl (C=O) groups is 1. The summed E-state index contributed by atoms with van der Waals surface area (Å²) in [4.78, 5) is 22.5. The molecule has 0 aromatic heterocycles. The van der Waals surface area contributed by atoms with Crippen LogP contribution in [0.5, 0.6) is 0 Å². The topological polar surface area (TPSA) is 69.4 Å². The van der Waals surface area contributed by atoms with Gasteiger partial charge in [-0.15, -0.1) is 12.6 Å². The van der Waals surface area contributed by atoms with E-state index in [1.807, 2.05) is 0 Å². The fourth-order valence-corrected chi connectivity index (χ4v) is 2.16. The molecule has 0 saturated heterocycles.